The van der Waals surface area contributed by atoms with E-state index in [1.54, 1.807) is 11.8 Å². The van der Waals surface area contributed by atoms with Crippen molar-refractivity contribution in [2.24, 2.45) is 13.0 Å². The maximum Gasteiger partial charge on any atom is 0.347 e. The van der Waals surface area contributed by atoms with E-state index in [9.17, 15) is 24.3 Å². The molecule has 0 aliphatic heterocycles. The molecular weight excluding hydrogens is 358 g/mol. The third-order valence-corrected chi connectivity index (χ3v) is 5.72. The molecule has 0 atom stereocenters. The van der Waals surface area contributed by atoms with Crippen molar-refractivity contribution in [2.75, 3.05) is 11.5 Å². The van der Waals surface area contributed by atoms with E-state index in [-0.39, 0.29) is 25.0 Å². The Hall–Kier alpha value is -2.16. The third-order valence-electron chi connectivity index (χ3n) is 4.54. The van der Waals surface area contributed by atoms with Crippen molar-refractivity contribution in [1.82, 2.24) is 14.3 Å². The number of aryl methyl sites for hydroxylation is 1. The molecule has 0 bridgehead atoms. The Balaban J connectivity index is 1.94. The number of thioether (sulfide) groups is 1. The van der Waals surface area contributed by atoms with Crippen LogP contribution >= 0.6 is 11.8 Å². The molecule has 8 nitrogen and oxygen atoms in total. The first kappa shape index (κ1) is 18.6. The number of carbonyl (C=O) groups is 2. The van der Waals surface area contributed by atoms with Gasteiger partial charge in [0.15, 0.2) is 23.0 Å². The molecule has 26 heavy (non-hydrogen) atoms. The predicted octanol–water partition coefficient (Wildman–Crippen LogP) is 0.676. The fourth-order valence-electron chi connectivity index (χ4n) is 2.86. The molecule has 1 N–H and O–H groups in total. The van der Waals surface area contributed by atoms with Gasteiger partial charge in [0.25, 0.3) is 5.56 Å². The summed E-state index contributed by atoms with van der Waals surface area (Å²) in [6, 6.07) is 0. The molecule has 2 saturated carbocycles. The van der Waals surface area contributed by atoms with Crippen LogP contribution in [-0.4, -0.2) is 42.5 Å². The summed E-state index contributed by atoms with van der Waals surface area (Å²) in [5.41, 5.74) is -2.19. The zero-order valence-corrected chi connectivity index (χ0v) is 15.4. The number of allylic oxidation sites excluding steroid dienone is 1. The van der Waals surface area contributed by atoms with Crippen molar-refractivity contribution in [3.05, 3.63) is 32.1 Å². The lowest BCUT2D eigenvalue weighted by atomic mass is 9.91. The highest BCUT2D eigenvalue weighted by molar-refractivity contribution is 7.99. The Kier molecular flexibility index (Phi) is 5.45. The zero-order valence-electron chi connectivity index (χ0n) is 14.6. The van der Waals surface area contributed by atoms with E-state index in [0.717, 1.165) is 20.9 Å². The van der Waals surface area contributed by atoms with Crippen LogP contribution < -0.4 is 11.2 Å². The number of carbonyl (C=O) groups excluding carboxylic acids is 2. The highest BCUT2D eigenvalue weighted by Gasteiger charge is 2.30. The number of rotatable bonds is 6. The van der Waals surface area contributed by atoms with Crippen LogP contribution in [0.3, 0.4) is 0 Å². The lowest BCUT2D eigenvalue weighted by molar-refractivity contribution is -0.123. The lowest BCUT2D eigenvalue weighted by Crippen LogP contribution is -2.43. The highest BCUT2D eigenvalue weighted by Crippen LogP contribution is 2.32. The second-order valence-corrected chi connectivity index (χ2v) is 7.80. The fraction of sp³-hybridized carbons (Fsp3) is 0.588. The molecule has 1 heterocycles. The smallest absolute Gasteiger partial charge is 0.347 e. The van der Waals surface area contributed by atoms with E-state index in [2.05, 4.69) is 5.10 Å². The number of aliphatic hydroxyl groups excluding tert-OH is 1. The fourth-order valence-corrected chi connectivity index (χ4v) is 4.00. The molecule has 0 radical (unpaired) electrons. The van der Waals surface area contributed by atoms with Gasteiger partial charge in [-0.2, -0.15) is 16.9 Å². The van der Waals surface area contributed by atoms with Gasteiger partial charge in [0, 0.05) is 32.2 Å². The Morgan fingerprint density at radius 2 is 1.85 bits per heavy atom. The van der Waals surface area contributed by atoms with E-state index < -0.39 is 34.3 Å². The average Bonchev–Trinajstić information content (AvgIpc) is 3.41. The van der Waals surface area contributed by atoms with Crippen molar-refractivity contribution >= 4 is 29.1 Å². The van der Waals surface area contributed by atoms with Gasteiger partial charge in [-0.1, -0.05) is 0 Å². The van der Waals surface area contributed by atoms with Gasteiger partial charge in [0.2, 0.25) is 0 Å². The number of ketones is 2. The second kappa shape index (κ2) is 7.61. The lowest BCUT2D eigenvalue weighted by Gasteiger charge is -2.14. The first-order chi connectivity index (χ1) is 12.4. The van der Waals surface area contributed by atoms with Crippen LogP contribution in [0.4, 0.5) is 0 Å². The van der Waals surface area contributed by atoms with E-state index in [4.69, 9.17) is 0 Å². The molecule has 9 heteroatoms. The quantitative estimate of drug-likeness (QED) is 0.335. The summed E-state index contributed by atoms with van der Waals surface area (Å²) in [6.07, 6.45) is 3.18. The number of Topliss-reactive ketones (excluding diaryl/α,β-unsaturated/α-hetero) is 2. The van der Waals surface area contributed by atoms with Gasteiger partial charge in [-0.05, 0) is 30.9 Å². The Morgan fingerprint density at radius 3 is 2.46 bits per heavy atom. The van der Waals surface area contributed by atoms with Crippen LogP contribution in [0.5, 0.6) is 0 Å². The number of aromatic nitrogens is 3. The van der Waals surface area contributed by atoms with Gasteiger partial charge in [0.1, 0.15) is 5.57 Å². The normalized spacial score (nSPS) is 17.7. The molecular formula is C17H21N3O5S. The molecule has 1 aromatic rings. The summed E-state index contributed by atoms with van der Waals surface area (Å²) in [6.45, 7) is 0.183. The van der Waals surface area contributed by atoms with Gasteiger partial charge in [-0.15, -0.1) is 0 Å². The van der Waals surface area contributed by atoms with Gasteiger partial charge in [-0.25, -0.2) is 9.48 Å². The van der Waals surface area contributed by atoms with Crippen molar-refractivity contribution < 1.29 is 14.7 Å². The molecule has 2 fully saturated rings. The van der Waals surface area contributed by atoms with Gasteiger partial charge < -0.3 is 5.11 Å². The van der Waals surface area contributed by atoms with E-state index in [1.807, 2.05) is 0 Å². The topological polar surface area (TPSA) is 111 Å². The summed E-state index contributed by atoms with van der Waals surface area (Å²) < 4.78 is 1.94. The molecule has 2 aliphatic carbocycles. The summed E-state index contributed by atoms with van der Waals surface area (Å²) in [7, 11) is 1.36. The molecule has 1 aromatic heterocycles. The summed E-state index contributed by atoms with van der Waals surface area (Å²) in [4.78, 5) is 48.9. The van der Waals surface area contributed by atoms with Crippen molar-refractivity contribution in [1.29, 1.82) is 0 Å². The van der Waals surface area contributed by atoms with Crippen LogP contribution in [0.2, 0.25) is 0 Å². The van der Waals surface area contributed by atoms with E-state index in [1.165, 1.54) is 19.9 Å². The minimum atomic E-state index is -0.781. The molecule has 140 valence electrons. The third kappa shape index (κ3) is 3.82. The average molecular weight is 379 g/mol. The summed E-state index contributed by atoms with van der Waals surface area (Å²) >= 11 is 1.67. The Morgan fingerprint density at radius 1 is 1.19 bits per heavy atom. The van der Waals surface area contributed by atoms with Crippen molar-refractivity contribution in [3.63, 3.8) is 0 Å². The number of hydrogen-bond acceptors (Lipinski definition) is 7. The number of hydrogen-bond donors (Lipinski definition) is 1. The van der Waals surface area contributed by atoms with Crippen LogP contribution in [0.1, 0.15) is 37.8 Å². The van der Waals surface area contributed by atoms with Gasteiger partial charge >= 0.3 is 5.69 Å². The number of nitrogens with zero attached hydrogens (tertiary/aromatic N) is 3. The molecule has 3 rings (SSSR count). The minimum absolute atomic E-state index is 0.142. The van der Waals surface area contributed by atoms with E-state index in [0.29, 0.717) is 12.2 Å². The monoisotopic (exact) mass is 379 g/mol. The standard InChI is InChI=1S/C17H21N3O5S/c1-19-17(25)20(7-8-26-9-10-5-6-10)16(24)14(18-19)15(23)13-11(21)3-2-4-12(13)22/h10,23H,2-9H2,1H3. The minimum Gasteiger partial charge on any atom is -0.505 e. The molecule has 0 unspecified atom stereocenters. The molecule has 0 aromatic carbocycles. The molecule has 0 spiro atoms. The molecule has 0 saturated heterocycles. The summed E-state index contributed by atoms with van der Waals surface area (Å²) in [5, 5.41) is 14.2. The first-order valence-electron chi connectivity index (χ1n) is 8.66. The van der Waals surface area contributed by atoms with Crippen molar-refractivity contribution in [3.8, 4) is 0 Å². The maximum absolute atomic E-state index is 12.6. The Bertz CT molecular complexity index is 877. The number of aliphatic hydroxyl groups is 1. The summed E-state index contributed by atoms with van der Waals surface area (Å²) in [5.74, 6) is 0.611. The van der Waals surface area contributed by atoms with Crippen LogP contribution in [0.15, 0.2) is 15.2 Å². The van der Waals surface area contributed by atoms with Crippen LogP contribution in [0.25, 0.3) is 5.76 Å². The highest BCUT2D eigenvalue weighted by atomic mass is 32.2. The van der Waals surface area contributed by atoms with E-state index >= 15 is 0 Å². The molecule has 0 amide bonds. The van der Waals surface area contributed by atoms with Gasteiger partial charge in [0.05, 0.1) is 0 Å². The maximum atomic E-state index is 12.6. The van der Waals surface area contributed by atoms with Gasteiger partial charge in [-0.3, -0.25) is 19.0 Å². The first-order valence-corrected chi connectivity index (χ1v) is 9.81. The van der Waals surface area contributed by atoms with Crippen molar-refractivity contribution in [2.45, 2.75) is 38.6 Å². The van der Waals surface area contributed by atoms with Crippen LogP contribution in [-0.2, 0) is 23.2 Å². The second-order valence-electron chi connectivity index (χ2n) is 6.65. The van der Waals surface area contributed by atoms with Crippen LogP contribution in [0, 0.1) is 5.92 Å². The SMILES string of the molecule is Cn1nc(C(O)=C2C(=O)CCCC2=O)c(=O)n(CCSCC2CC2)c1=O. The largest absolute Gasteiger partial charge is 0.505 e. The zero-order chi connectivity index (χ0) is 18.8. The predicted molar refractivity (Wildman–Crippen MR) is 97.2 cm³/mol. The Labute approximate surface area is 153 Å². The molecule has 2 aliphatic rings.